The molecule has 0 aromatic rings. The van der Waals surface area contributed by atoms with E-state index in [9.17, 15) is 19.4 Å². The van der Waals surface area contributed by atoms with Crippen LogP contribution in [0.5, 0.6) is 0 Å². The van der Waals surface area contributed by atoms with E-state index in [4.69, 9.17) is 9.05 Å². The molecule has 3 unspecified atom stereocenters. The van der Waals surface area contributed by atoms with Crippen LogP contribution in [0, 0.1) is 0 Å². The molecule has 0 radical (unpaired) electrons. The van der Waals surface area contributed by atoms with Gasteiger partial charge >= 0.3 is 7.82 Å². The highest BCUT2D eigenvalue weighted by Gasteiger charge is 2.28. The third-order valence-electron chi connectivity index (χ3n) is 16.0. The molecule has 0 heterocycles. The largest absolute Gasteiger partial charge is 0.472 e. The molecule has 0 fully saturated rings. The Morgan fingerprint density at radius 2 is 0.716 bits per heavy atom. The van der Waals surface area contributed by atoms with E-state index in [-0.39, 0.29) is 19.1 Å². The van der Waals surface area contributed by atoms with Crippen LogP contribution >= 0.6 is 7.82 Å². The second-order valence-corrected chi connectivity index (χ2v) is 26.7. The van der Waals surface area contributed by atoms with Crippen LogP contribution in [0.25, 0.3) is 0 Å². The molecule has 3 N–H and O–H groups in total. The van der Waals surface area contributed by atoms with Gasteiger partial charge in [0.1, 0.15) is 13.2 Å². The number of rotatable bonds is 65. The number of phosphoric ester groups is 1. The lowest BCUT2D eigenvalue weighted by Crippen LogP contribution is -2.45. The zero-order valence-electron chi connectivity index (χ0n) is 54.5. The molecule has 1 amide bonds. The lowest BCUT2D eigenvalue weighted by molar-refractivity contribution is -0.870. The monoisotopic (exact) mass is 1160 g/mol. The molecule has 0 aromatic carbocycles. The smallest absolute Gasteiger partial charge is 0.387 e. The number of hydrogen-bond donors (Lipinski definition) is 3. The summed E-state index contributed by atoms with van der Waals surface area (Å²) in [6.45, 7) is 4.82. The van der Waals surface area contributed by atoms with Gasteiger partial charge in [0.15, 0.2) is 0 Å². The van der Waals surface area contributed by atoms with Crippen LogP contribution < -0.4 is 5.32 Å². The molecule has 0 saturated carbocycles. The first kappa shape index (κ1) is 79.2. The van der Waals surface area contributed by atoms with Gasteiger partial charge in [-0.3, -0.25) is 13.8 Å². The van der Waals surface area contributed by atoms with Crippen LogP contribution in [0.3, 0.4) is 0 Å². The van der Waals surface area contributed by atoms with Gasteiger partial charge in [0.25, 0.3) is 0 Å². The summed E-state index contributed by atoms with van der Waals surface area (Å²) >= 11 is 0. The zero-order chi connectivity index (χ0) is 59.1. The molecular formula is C72H138N2O6P+. The van der Waals surface area contributed by atoms with Crippen LogP contribution in [0.2, 0.25) is 0 Å². The molecule has 0 bridgehead atoms. The quantitative estimate of drug-likeness (QED) is 0.0243. The van der Waals surface area contributed by atoms with Crippen LogP contribution in [0.4, 0.5) is 0 Å². The SMILES string of the molecule is CCCCCCC/C=C\C/C=C\C/C=C\CCCCCCCCCCCCCCC(=O)NC(COP(=O)(O)OCC[N+](C)(C)C)C(O)/C=C/CC/C=C/CCCCCCCCCCCCCCCCCCCCCCCCCCCC. The van der Waals surface area contributed by atoms with Gasteiger partial charge in [-0.2, -0.15) is 0 Å². The summed E-state index contributed by atoms with van der Waals surface area (Å²) in [5.74, 6) is -0.186. The molecule has 476 valence electrons. The van der Waals surface area contributed by atoms with E-state index < -0.39 is 20.0 Å². The minimum Gasteiger partial charge on any atom is -0.387 e. The van der Waals surface area contributed by atoms with Crippen molar-refractivity contribution in [2.24, 2.45) is 0 Å². The minimum atomic E-state index is -4.36. The van der Waals surface area contributed by atoms with Crippen molar-refractivity contribution in [2.45, 2.75) is 353 Å². The number of likely N-dealkylation sites (N-methyl/N-ethyl adjacent to an activating group) is 1. The molecule has 3 atom stereocenters. The Bertz CT molecular complexity index is 1500. The Kier molecular flexibility index (Phi) is 61.3. The average Bonchev–Trinajstić information content (AvgIpc) is 3.43. The number of phosphoric acid groups is 1. The third kappa shape index (κ3) is 65.6. The number of amides is 1. The van der Waals surface area contributed by atoms with E-state index in [1.165, 1.54) is 270 Å². The van der Waals surface area contributed by atoms with Gasteiger partial charge in [0.05, 0.1) is 39.9 Å². The Balaban J connectivity index is 4.11. The number of aliphatic hydroxyl groups is 1. The van der Waals surface area contributed by atoms with Crippen LogP contribution in [-0.2, 0) is 18.4 Å². The fourth-order valence-electron chi connectivity index (χ4n) is 10.5. The van der Waals surface area contributed by atoms with Crippen LogP contribution in [0.1, 0.15) is 341 Å². The van der Waals surface area contributed by atoms with Crippen LogP contribution in [-0.4, -0.2) is 73.4 Å². The van der Waals surface area contributed by atoms with Crippen molar-refractivity contribution in [3.8, 4) is 0 Å². The number of allylic oxidation sites excluding steroid dienone is 9. The van der Waals surface area contributed by atoms with Gasteiger partial charge in [-0.25, -0.2) is 4.57 Å². The van der Waals surface area contributed by atoms with Gasteiger partial charge < -0.3 is 19.8 Å². The standard InChI is InChI=1S/C72H137N2O6P/c1-6-8-10-12-14-16-18-20-22-24-26-28-30-32-34-35-36-37-38-40-41-43-45-47-49-51-53-55-57-59-61-63-65-71(75)70(69-80-81(77,78)79-68-67-74(3,4)5)73-72(76)66-64-62-60-58-56-54-52-50-48-46-44-42-39-33-31-29-27-25-23-21-19-17-15-13-11-9-7-2/h19,21,25,27,31,33,55,57,63,65,70-71,75H,6-18,20,22-24,26,28-30,32,34-54,56,58-62,64,66-69H2,1-5H3,(H-,73,76,77,78)/p+1/b21-19-,27-25-,33-31-,57-55+,65-63+. The number of hydrogen-bond acceptors (Lipinski definition) is 5. The van der Waals surface area contributed by atoms with E-state index in [0.29, 0.717) is 17.4 Å². The number of unbranched alkanes of at least 4 members (excludes halogenated alkanes) is 44. The van der Waals surface area contributed by atoms with Crippen molar-refractivity contribution in [2.75, 3.05) is 40.9 Å². The van der Waals surface area contributed by atoms with Gasteiger partial charge in [-0.05, 0) is 70.6 Å². The van der Waals surface area contributed by atoms with Gasteiger partial charge in [-0.15, -0.1) is 0 Å². The summed E-state index contributed by atoms with van der Waals surface area (Å²) in [5, 5.41) is 14.0. The number of carbonyl (C=O) groups is 1. The molecule has 9 heteroatoms. The van der Waals surface area contributed by atoms with E-state index in [0.717, 1.165) is 51.4 Å². The van der Waals surface area contributed by atoms with Gasteiger partial charge in [-0.1, -0.05) is 325 Å². The molecule has 8 nitrogen and oxygen atoms in total. The second kappa shape index (κ2) is 62.7. The summed E-state index contributed by atoms with van der Waals surface area (Å²) in [4.78, 5) is 23.4. The molecule has 0 aliphatic rings. The van der Waals surface area contributed by atoms with Crippen molar-refractivity contribution in [1.82, 2.24) is 5.32 Å². The molecule has 0 aliphatic carbocycles. The molecular weight excluding hydrogens is 1020 g/mol. The van der Waals surface area contributed by atoms with Crippen molar-refractivity contribution in [3.63, 3.8) is 0 Å². The highest BCUT2D eigenvalue weighted by Crippen LogP contribution is 2.43. The number of quaternary nitrogens is 1. The predicted molar refractivity (Wildman–Crippen MR) is 355 cm³/mol. The third-order valence-corrected chi connectivity index (χ3v) is 16.9. The molecule has 0 spiro atoms. The van der Waals surface area contributed by atoms with Crippen molar-refractivity contribution >= 4 is 13.7 Å². The molecule has 81 heavy (non-hydrogen) atoms. The van der Waals surface area contributed by atoms with Gasteiger partial charge in [0.2, 0.25) is 5.91 Å². The zero-order valence-corrected chi connectivity index (χ0v) is 55.4. The van der Waals surface area contributed by atoms with Crippen molar-refractivity contribution in [1.29, 1.82) is 0 Å². The fraction of sp³-hybridized carbons (Fsp3) is 0.847. The Morgan fingerprint density at radius 3 is 1.07 bits per heavy atom. The van der Waals surface area contributed by atoms with E-state index in [1.54, 1.807) is 6.08 Å². The number of aliphatic hydroxyl groups excluding tert-OH is 1. The molecule has 0 aromatic heterocycles. The van der Waals surface area contributed by atoms with Crippen molar-refractivity contribution in [3.05, 3.63) is 60.8 Å². The molecule has 0 aliphatic heterocycles. The maximum Gasteiger partial charge on any atom is 0.472 e. The highest BCUT2D eigenvalue weighted by atomic mass is 31.2. The average molecular weight is 1160 g/mol. The summed E-state index contributed by atoms with van der Waals surface area (Å²) in [7, 11) is 1.56. The Labute approximate surface area is 504 Å². The minimum absolute atomic E-state index is 0.0547. The Morgan fingerprint density at radius 1 is 0.420 bits per heavy atom. The molecule has 0 saturated heterocycles. The number of nitrogens with one attached hydrogen (secondary N) is 1. The lowest BCUT2D eigenvalue weighted by atomic mass is 10.0. The topological polar surface area (TPSA) is 105 Å². The first-order chi connectivity index (χ1) is 39.5. The molecule has 0 rings (SSSR count). The fourth-order valence-corrected chi connectivity index (χ4v) is 11.2. The summed E-state index contributed by atoms with van der Waals surface area (Å²) < 4.78 is 23.8. The normalized spacial score (nSPS) is 14.0. The predicted octanol–water partition coefficient (Wildman–Crippen LogP) is 22.4. The van der Waals surface area contributed by atoms with E-state index in [2.05, 4.69) is 67.8 Å². The van der Waals surface area contributed by atoms with E-state index in [1.807, 2.05) is 27.2 Å². The maximum absolute atomic E-state index is 13.0. The first-order valence-corrected chi connectivity index (χ1v) is 36.7. The van der Waals surface area contributed by atoms with Crippen molar-refractivity contribution < 1.29 is 32.9 Å². The second-order valence-electron chi connectivity index (χ2n) is 25.3. The summed E-state index contributed by atoms with van der Waals surface area (Å²) in [6.07, 6.45) is 86.6. The highest BCUT2D eigenvalue weighted by molar-refractivity contribution is 7.47. The van der Waals surface area contributed by atoms with Crippen LogP contribution in [0.15, 0.2) is 60.8 Å². The Hall–Kier alpha value is -1.80. The lowest BCUT2D eigenvalue weighted by Gasteiger charge is -2.25. The summed E-state index contributed by atoms with van der Waals surface area (Å²) in [5.41, 5.74) is 0. The maximum atomic E-state index is 13.0. The summed E-state index contributed by atoms with van der Waals surface area (Å²) in [6, 6.07) is -0.869. The van der Waals surface area contributed by atoms with Gasteiger partial charge in [0, 0.05) is 6.42 Å². The first-order valence-electron chi connectivity index (χ1n) is 35.2. The number of nitrogens with zero attached hydrogens (tertiary/aromatic N) is 1. The number of carbonyl (C=O) groups excluding carboxylic acids is 1. The van der Waals surface area contributed by atoms with E-state index >= 15 is 0 Å².